The van der Waals surface area contributed by atoms with Crippen molar-refractivity contribution in [3.05, 3.63) is 69.4 Å². The van der Waals surface area contributed by atoms with Crippen LogP contribution in [0.15, 0.2) is 41.5 Å². The number of pyridine rings is 1. The van der Waals surface area contributed by atoms with E-state index in [2.05, 4.69) is 5.32 Å². The smallest absolute Gasteiger partial charge is 0.259 e. The fourth-order valence-corrected chi connectivity index (χ4v) is 4.09. The largest absolute Gasteiger partial charge is 0.349 e. The number of aromatic nitrogens is 1. The Labute approximate surface area is 182 Å². The lowest BCUT2D eigenvalue weighted by Gasteiger charge is -2.22. The molecule has 1 N–H and O–H groups in total. The Balaban J connectivity index is 1.92. The molecule has 166 valence electrons. The number of halogens is 1. The van der Waals surface area contributed by atoms with Gasteiger partial charge in [-0.25, -0.2) is 4.39 Å². The third-order valence-corrected chi connectivity index (χ3v) is 5.59. The Morgan fingerprint density at radius 2 is 1.87 bits per heavy atom. The Hall–Kier alpha value is -2.96. The first-order chi connectivity index (χ1) is 14.8. The second-order valence-electron chi connectivity index (χ2n) is 8.69. The zero-order chi connectivity index (χ0) is 22.5. The minimum Gasteiger partial charge on any atom is -0.349 e. The highest BCUT2D eigenvalue weighted by Gasteiger charge is 2.25. The molecule has 1 fully saturated rings. The van der Waals surface area contributed by atoms with E-state index in [1.54, 1.807) is 31.6 Å². The van der Waals surface area contributed by atoms with Crippen molar-refractivity contribution in [2.45, 2.75) is 52.1 Å². The number of carbonyl (C=O) groups excluding carboxylic acids is 2. The van der Waals surface area contributed by atoms with E-state index in [0.717, 1.165) is 25.7 Å². The van der Waals surface area contributed by atoms with Crippen LogP contribution in [-0.4, -0.2) is 34.9 Å². The van der Waals surface area contributed by atoms with Crippen LogP contribution in [0.1, 0.15) is 71.9 Å². The maximum Gasteiger partial charge on any atom is 0.259 e. The predicted molar refractivity (Wildman–Crippen MR) is 118 cm³/mol. The molecule has 1 aromatic carbocycles. The van der Waals surface area contributed by atoms with Crippen molar-refractivity contribution >= 4 is 11.8 Å². The van der Waals surface area contributed by atoms with E-state index in [1.807, 2.05) is 18.4 Å². The van der Waals surface area contributed by atoms with Crippen molar-refractivity contribution in [3.8, 4) is 0 Å². The normalized spacial score (nSPS) is 14.1. The molecule has 1 aromatic heterocycles. The van der Waals surface area contributed by atoms with Crippen molar-refractivity contribution in [2.75, 3.05) is 13.6 Å². The minimum absolute atomic E-state index is 0.00783. The second-order valence-corrected chi connectivity index (χ2v) is 8.69. The summed E-state index contributed by atoms with van der Waals surface area (Å²) in [6.07, 6.45) is 7.20. The Morgan fingerprint density at radius 3 is 2.52 bits per heavy atom. The highest BCUT2D eigenvalue weighted by atomic mass is 19.1. The zero-order valence-electron chi connectivity index (χ0n) is 18.4. The van der Waals surface area contributed by atoms with Gasteiger partial charge in [-0.1, -0.05) is 38.8 Å². The van der Waals surface area contributed by atoms with Gasteiger partial charge < -0.3 is 14.8 Å². The summed E-state index contributed by atoms with van der Waals surface area (Å²) in [4.78, 5) is 40.5. The van der Waals surface area contributed by atoms with Gasteiger partial charge >= 0.3 is 0 Å². The lowest BCUT2D eigenvalue weighted by molar-refractivity contribution is 0.0776. The molecule has 1 saturated carbocycles. The highest BCUT2D eigenvalue weighted by molar-refractivity contribution is 5.99. The van der Waals surface area contributed by atoms with Crippen molar-refractivity contribution in [1.29, 1.82) is 0 Å². The van der Waals surface area contributed by atoms with Crippen LogP contribution in [0.3, 0.4) is 0 Å². The summed E-state index contributed by atoms with van der Waals surface area (Å²) in [6, 6.07) is 6.08. The molecule has 0 radical (unpaired) electrons. The number of nitrogens with zero attached hydrogens (tertiary/aromatic N) is 2. The summed E-state index contributed by atoms with van der Waals surface area (Å²) in [5, 5.41) is 2.68. The van der Waals surface area contributed by atoms with Gasteiger partial charge in [0, 0.05) is 38.6 Å². The van der Waals surface area contributed by atoms with Crippen molar-refractivity contribution in [1.82, 2.24) is 14.8 Å². The van der Waals surface area contributed by atoms with Crippen LogP contribution in [0, 0.1) is 11.7 Å². The van der Waals surface area contributed by atoms with Gasteiger partial charge in [0.15, 0.2) is 0 Å². The van der Waals surface area contributed by atoms with Crippen molar-refractivity contribution in [3.63, 3.8) is 0 Å². The molecule has 0 saturated heterocycles. The van der Waals surface area contributed by atoms with E-state index in [-0.39, 0.29) is 35.5 Å². The first-order valence-electron chi connectivity index (χ1n) is 10.8. The molecule has 0 spiro atoms. The van der Waals surface area contributed by atoms with E-state index < -0.39 is 17.2 Å². The maximum atomic E-state index is 13.4. The van der Waals surface area contributed by atoms with Crippen molar-refractivity contribution in [2.24, 2.45) is 5.92 Å². The molecule has 1 aliphatic rings. The van der Waals surface area contributed by atoms with Gasteiger partial charge in [-0.05, 0) is 36.5 Å². The van der Waals surface area contributed by atoms with Crippen LogP contribution < -0.4 is 10.7 Å². The lowest BCUT2D eigenvalue weighted by Crippen LogP contribution is -2.37. The first-order valence-corrected chi connectivity index (χ1v) is 10.8. The molecule has 2 amide bonds. The molecule has 0 atom stereocenters. The predicted octanol–water partition coefficient (Wildman–Crippen LogP) is 3.76. The Bertz CT molecular complexity index is 1010. The number of hydrogen-bond donors (Lipinski definition) is 1. The Kier molecular flexibility index (Phi) is 7.25. The second kappa shape index (κ2) is 9.90. The third-order valence-electron chi connectivity index (χ3n) is 5.59. The number of nitrogens with one attached hydrogen (secondary N) is 1. The van der Waals surface area contributed by atoms with Gasteiger partial charge in [-0.15, -0.1) is 0 Å². The van der Waals surface area contributed by atoms with Crippen LogP contribution in [0.5, 0.6) is 0 Å². The average Bonchev–Trinajstić information content (AvgIpc) is 3.26. The third kappa shape index (κ3) is 5.60. The molecular formula is C24H30FN3O3. The summed E-state index contributed by atoms with van der Waals surface area (Å²) < 4.78 is 15.3. The minimum atomic E-state index is -0.577. The summed E-state index contributed by atoms with van der Waals surface area (Å²) in [5.41, 5.74) is -0.0412. The summed E-state index contributed by atoms with van der Waals surface area (Å²) in [6.45, 7) is 4.59. The lowest BCUT2D eigenvalue weighted by atomic mass is 10.1. The van der Waals surface area contributed by atoms with Crippen LogP contribution in [0.4, 0.5) is 4.39 Å². The average molecular weight is 428 g/mol. The molecule has 2 aromatic rings. The monoisotopic (exact) mass is 427 g/mol. The van der Waals surface area contributed by atoms with E-state index >= 15 is 0 Å². The molecule has 0 bridgehead atoms. The SMILES string of the molecule is CC(C)CN(C)C(=O)c1cn(C2CCCC2)cc(C(=O)NCc2cccc(F)c2)c1=O. The van der Waals surface area contributed by atoms with E-state index in [4.69, 9.17) is 0 Å². The number of rotatable bonds is 7. The molecule has 0 aliphatic heterocycles. The van der Waals surface area contributed by atoms with Gasteiger partial charge in [0.2, 0.25) is 5.43 Å². The van der Waals surface area contributed by atoms with Gasteiger partial charge in [0.1, 0.15) is 16.9 Å². The molecule has 1 aliphatic carbocycles. The van der Waals surface area contributed by atoms with Crippen molar-refractivity contribution < 1.29 is 14.0 Å². The highest BCUT2D eigenvalue weighted by Crippen LogP contribution is 2.29. The zero-order valence-corrected chi connectivity index (χ0v) is 18.4. The molecule has 0 unspecified atom stereocenters. The van der Waals surface area contributed by atoms with Crippen LogP contribution in [-0.2, 0) is 6.54 Å². The van der Waals surface area contributed by atoms with Gasteiger partial charge in [0.05, 0.1) is 0 Å². The van der Waals surface area contributed by atoms with Crippen LogP contribution in [0.25, 0.3) is 0 Å². The molecular weight excluding hydrogens is 397 g/mol. The van der Waals surface area contributed by atoms with E-state index in [9.17, 15) is 18.8 Å². The summed E-state index contributed by atoms with van der Waals surface area (Å²) in [7, 11) is 1.67. The maximum absolute atomic E-state index is 13.4. The van der Waals surface area contributed by atoms with E-state index in [1.165, 1.54) is 17.0 Å². The summed E-state index contributed by atoms with van der Waals surface area (Å²) >= 11 is 0. The Morgan fingerprint density at radius 1 is 1.19 bits per heavy atom. The fraction of sp³-hybridized carbons (Fsp3) is 0.458. The molecule has 7 heteroatoms. The van der Waals surface area contributed by atoms with Crippen LogP contribution in [0.2, 0.25) is 0 Å². The molecule has 6 nitrogen and oxygen atoms in total. The number of carbonyl (C=O) groups is 2. The molecule has 31 heavy (non-hydrogen) atoms. The summed E-state index contributed by atoms with van der Waals surface area (Å²) in [5.74, 6) is -1.09. The fourth-order valence-electron chi connectivity index (χ4n) is 4.09. The molecule has 1 heterocycles. The van der Waals surface area contributed by atoms with E-state index in [0.29, 0.717) is 12.1 Å². The number of hydrogen-bond acceptors (Lipinski definition) is 3. The quantitative estimate of drug-likeness (QED) is 0.731. The van der Waals surface area contributed by atoms with Gasteiger partial charge in [-0.2, -0.15) is 0 Å². The van der Waals surface area contributed by atoms with Gasteiger partial charge in [0.25, 0.3) is 11.8 Å². The first kappa shape index (κ1) is 22.7. The van der Waals surface area contributed by atoms with Gasteiger partial charge in [-0.3, -0.25) is 14.4 Å². The number of amides is 2. The topological polar surface area (TPSA) is 71.4 Å². The molecule has 3 rings (SSSR count). The number of benzene rings is 1. The van der Waals surface area contributed by atoms with Crippen LogP contribution >= 0.6 is 0 Å². The standard InChI is InChI=1S/C24H30FN3O3/c1-16(2)13-27(3)24(31)21-15-28(19-9-4-5-10-19)14-20(22(21)29)23(30)26-12-17-7-6-8-18(25)11-17/h6-8,11,14-16,19H,4-5,9-10,12-13H2,1-3H3,(H,26,30).